The number of halogens is 1. The molecule has 1 atom stereocenters. The van der Waals surface area contributed by atoms with Crippen molar-refractivity contribution >= 4 is 29.2 Å². The van der Waals surface area contributed by atoms with Gasteiger partial charge in [-0.1, -0.05) is 23.7 Å². The third kappa shape index (κ3) is 7.24. The van der Waals surface area contributed by atoms with E-state index in [0.29, 0.717) is 18.0 Å². The Morgan fingerprint density at radius 3 is 2.39 bits per heavy atom. The molecule has 1 fully saturated rings. The standard InChI is InChI=1S/C23H28ClN3O4/c1-31-21-7-5-20(6-8-21)25-22(28)14-18(23(29)30)16-27-11-9-26(10-12-27)15-17-3-2-4-19(24)13-17/h2-8,13,18H,9-12,14-16H2,1H3,(H,25,28)(H,29,30)/t18-/m0/s1. The Morgan fingerprint density at radius 2 is 1.77 bits per heavy atom. The Hall–Kier alpha value is -2.61. The van der Waals surface area contributed by atoms with Crippen molar-refractivity contribution in [3.8, 4) is 5.75 Å². The van der Waals surface area contributed by atoms with Crippen molar-refractivity contribution in [3.05, 3.63) is 59.1 Å². The minimum Gasteiger partial charge on any atom is -0.497 e. The van der Waals surface area contributed by atoms with Gasteiger partial charge in [-0.3, -0.25) is 19.4 Å². The Morgan fingerprint density at radius 1 is 1.10 bits per heavy atom. The number of carboxylic acids is 1. The molecule has 0 aliphatic carbocycles. The summed E-state index contributed by atoms with van der Waals surface area (Å²) in [5, 5.41) is 13.1. The third-order valence-corrected chi connectivity index (χ3v) is 5.63. The van der Waals surface area contributed by atoms with Gasteiger partial charge in [0.15, 0.2) is 0 Å². The maximum absolute atomic E-state index is 12.4. The van der Waals surface area contributed by atoms with E-state index in [9.17, 15) is 14.7 Å². The molecule has 2 aromatic carbocycles. The van der Waals surface area contributed by atoms with Crippen LogP contribution >= 0.6 is 11.6 Å². The first-order valence-corrected chi connectivity index (χ1v) is 10.7. The summed E-state index contributed by atoms with van der Waals surface area (Å²) >= 11 is 6.06. The Labute approximate surface area is 187 Å². The summed E-state index contributed by atoms with van der Waals surface area (Å²) in [6.45, 7) is 4.40. The van der Waals surface area contributed by atoms with Gasteiger partial charge in [-0.2, -0.15) is 0 Å². The zero-order valence-corrected chi connectivity index (χ0v) is 18.3. The van der Waals surface area contributed by atoms with Crippen molar-refractivity contribution in [1.29, 1.82) is 0 Å². The fraction of sp³-hybridized carbons (Fsp3) is 0.391. The molecule has 7 nitrogen and oxygen atoms in total. The van der Waals surface area contributed by atoms with Crippen LogP contribution in [0.25, 0.3) is 0 Å². The quantitative estimate of drug-likeness (QED) is 0.616. The summed E-state index contributed by atoms with van der Waals surface area (Å²) in [6.07, 6.45) is -0.0654. The number of carbonyl (C=O) groups excluding carboxylic acids is 1. The summed E-state index contributed by atoms with van der Waals surface area (Å²) in [5.74, 6) is -1.32. The van der Waals surface area contributed by atoms with Crippen molar-refractivity contribution in [2.45, 2.75) is 13.0 Å². The van der Waals surface area contributed by atoms with Gasteiger partial charge in [-0.05, 0) is 42.0 Å². The number of methoxy groups -OCH3 is 1. The van der Waals surface area contributed by atoms with Gasteiger partial charge in [0, 0.05) is 56.4 Å². The maximum atomic E-state index is 12.4. The first-order chi connectivity index (χ1) is 14.9. The molecule has 1 heterocycles. The molecule has 8 heteroatoms. The Kier molecular flexibility index (Phi) is 8.28. The van der Waals surface area contributed by atoms with E-state index in [-0.39, 0.29) is 12.3 Å². The monoisotopic (exact) mass is 445 g/mol. The van der Waals surface area contributed by atoms with Gasteiger partial charge in [0.1, 0.15) is 5.75 Å². The predicted octanol–water partition coefficient (Wildman–Crippen LogP) is 3.20. The van der Waals surface area contributed by atoms with Crippen molar-refractivity contribution in [2.75, 3.05) is 45.2 Å². The molecule has 166 valence electrons. The summed E-state index contributed by atoms with van der Waals surface area (Å²) in [4.78, 5) is 28.5. The SMILES string of the molecule is COc1ccc(NC(=O)C[C@@H](CN2CCN(Cc3cccc(Cl)c3)CC2)C(=O)O)cc1. The second-order valence-electron chi connectivity index (χ2n) is 7.72. The maximum Gasteiger partial charge on any atom is 0.308 e. The fourth-order valence-electron chi connectivity index (χ4n) is 3.68. The number of aliphatic carboxylic acids is 1. The summed E-state index contributed by atoms with van der Waals surface area (Å²) in [5.41, 5.74) is 1.78. The lowest BCUT2D eigenvalue weighted by atomic mass is 10.0. The molecule has 2 aromatic rings. The summed E-state index contributed by atoms with van der Waals surface area (Å²) < 4.78 is 5.10. The highest BCUT2D eigenvalue weighted by Crippen LogP contribution is 2.18. The van der Waals surface area contributed by atoms with Crippen LogP contribution < -0.4 is 10.1 Å². The minimum atomic E-state index is -0.953. The number of nitrogens with zero attached hydrogens (tertiary/aromatic N) is 2. The van der Waals surface area contributed by atoms with Crippen LogP contribution in [0.1, 0.15) is 12.0 Å². The van der Waals surface area contributed by atoms with Crippen LogP contribution in [-0.4, -0.2) is 66.6 Å². The van der Waals surface area contributed by atoms with Crippen LogP contribution in [-0.2, 0) is 16.1 Å². The summed E-state index contributed by atoms with van der Waals surface area (Å²) in [6, 6.07) is 14.8. The largest absolute Gasteiger partial charge is 0.497 e. The van der Waals surface area contributed by atoms with E-state index in [2.05, 4.69) is 21.2 Å². The number of hydrogen-bond acceptors (Lipinski definition) is 5. The highest BCUT2D eigenvalue weighted by Gasteiger charge is 2.26. The van der Waals surface area contributed by atoms with Gasteiger partial charge in [0.25, 0.3) is 0 Å². The molecule has 0 spiro atoms. The number of carbonyl (C=O) groups is 2. The van der Waals surface area contributed by atoms with Gasteiger partial charge in [-0.15, -0.1) is 0 Å². The van der Waals surface area contributed by atoms with Gasteiger partial charge in [0.2, 0.25) is 5.91 Å². The molecule has 0 bridgehead atoms. The topological polar surface area (TPSA) is 82.1 Å². The van der Waals surface area contributed by atoms with E-state index >= 15 is 0 Å². The van der Waals surface area contributed by atoms with E-state index in [1.807, 2.05) is 18.2 Å². The molecule has 1 saturated heterocycles. The van der Waals surface area contributed by atoms with Crippen LogP contribution in [0.2, 0.25) is 5.02 Å². The lowest BCUT2D eigenvalue weighted by Crippen LogP contribution is -2.48. The molecule has 31 heavy (non-hydrogen) atoms. The number of hydrogen-bond donors (Lipinski definition) is 2. The normalized spacial score (nSPS) is 15.9. The molecular weight excluding hydrogens is 418 g/mol. The molecule has 1 aliphatic heterocycles. The summed E-state index contributed by atoms with van der Waals surface area (Å²) in [7, 11) is 1.57. The van der Waals surface area contributed by atoms with E-state index in [1.54, 1.807) is 31.4 Å². The number of amides is 1. The molecule has 3 rings (SSSR count). The fourth-order valence-corrected chi connectivity index (χ4v) is 3.89. The predicted molar refractivity (Wildman–Crippen MR) is 121 cm³/mol. The molecule has 1 amide bonds. The lowest BCUT2D eigenvalue weighted by molar-refractivity contribution is -0.144. The van der Waals surface area contributed by atoms with Crippen molar-refractivity contribution in [2.24, 2.45) is 5.92 Å². The second kappa shape index (κ2) is 11.1. The smallest absolute Gasteiger partial charge is 0.308 e. The van der Waals surface area contributed by atoms with Gasteiger partial charge >= 0.3 is 5.97 Å². The van der Waals surface area contributed by atoms with E-state index in [0.717, 1.165) is 37.7 Å². The van der Waals surface area contributed by atoms with Crippen LogP contribution in [0, 0.1) is 5.92 Å². The van der Waals surface area contributed by atoms with Crippen LogP contribution in [0.5, 0.6) is 5.75 Å². The average molecular weight is 446 g/mol. The highest BCUT2D eigenvalue weighted by atomic mass is 35.5. The second-order valence-corrected chi connectivity index (χ2v) is 8.16. The first kappa shape index (κ1) is 23.1. The van der Waals surface area contributed by atoms with Gasteiger partial charge < -0.3 is 15.2 Å². The first-order valence-electron chi connectivity index (χ1n) is 10.3. The van der Waals surface area contributed by atoms with Crippen LogP contribution in [0.15, 0.2) is 48.5 Å². The Bertz CT molecular complexity index is 883. The van der Waals surface area contributed by atoms with E-state index in [1.165, 1.54) is 5.56 Å². The molecule has 0 aromatic heterocycles. The zero-order chi connectivity index (χ0) is 22.2. The number of piperazine rings is 1. The molecule has 0 radical (unpaired) electrons. The average Bonchev–Trinajstić information content (AvgIpc) is 2.75. The molecule has 1 aliphatic rings. The molecular formula is C23H28ClN3O4. The van der Waals surface area contributed by atoms with E-state index in [4.69, 9.17) is 16.3 Å². The zero-order valence-electron chi connectivity index (χ0n) is 17.6. The van der Waals surface area contributed by atoms with Crippen LogP contribution in [0.4, 0.5) is 5.69 Å². The third-order valence-electron chi connectivity index (χ3n) is 5.39. The van der Waals surface area contributed by atoms with Gasteiger partial charge in [-0.25, -0.2) is 0 Å². The minimum absolute atomic E-state index is 0.0654. The number of nitrogens with one attached hydrogen (secondary N) is 1. The van der Waals surface area contributed by atoms with Gasteiger partial charge in [0.05, 0.1) is 13.0 Å². The van der Waals surface area contributed by atoms with Crippen molar-refractivity contribution in [1.82, 2.24) is 9.80 Å². The molecule has 0 unspecified atom stereocenters. The van der Waals surface area contributed by atoms with E-state index < -0.39 is 11.9 Å². The number of anilines is 1. The lowest BCUT2D eigenvalue weighted by Gasteiger charge is -2.35. The Balaban J connectivity index is 1.46. The van der Waals surface area contributed by atoms with Crippen molar-refractivity contribution in [3.63, 3.8) is 0 Å². The van der Waals surface area contributed by atoms with Crippen LogP contribution in [0.3, 0.4) is 0 Å². The highest BCUT2D eigenvalue weighted by molar-refractivity contribution is 6.30. The number of carboxylic acid groups (broad SMARTS) is 1. The number of benzene rings is 2. The molecule has 2 N–H and O–H groups in total. The van der Waals surface area contributed by atoms with Crippen molar-refractivity contribution < 1.29 is 19.4 Å². The number of rotatable bonds is 9. The molecule has 0 saturated carbocycles. The number of ether oxygens (including phenoxy) is 1.